The number of hydrogen-bond acceptors (Lipinski definition) is 4. The van der Waals surface area contributed by atoms with E-state index in [-0.39, 0.29) is 11.6 Å². The maximum Gasteiger partial charge on any atom is 0.306 e. The Kier molecular flexibility index (Phi) is 19.9. The zero-order valence-electron chi connectivity index (χ0n) is 24.3. The Labute approximate surface area is 219 Å². The number of nitrogens with one attached hydrogen (secondary N) is 1. The van der Waals surface area contributed by atoms with Gasteiger partial charge in [0, 0.05) is 38.6 Å². The number of hydrogen-bond donors (Lipinski definition) is 1. The highest BCUT2D eigenvalue weighted by Gasteiger charge is 2.16. The van der Waals surface area contributed by atoms with Gasteiger partial charge >= 0.3 is 5.97 Å². The number of nitrogens with zero attached hydrogens (tertiary/aromatic N) is 1. The first-order valence-electron chi connectivity index (χ1n) is 15.5. The van der Waals surface area contributed by atoms with Crippen molar-refractivity contribution in [3.8, 4) is 0 Å². The van der Waals surface area contributed by atoms with Crippen LogP contribution in [0.15, 0.2) is 0 Å². The number of rotatable bonds is 22. The highest BCUT2D eigenvalue weighted by atomic mass is 16.6. The van der Waals surface area contributed by atoms with E-state index in [0.29, 0.717) is 6.42 Å². The molecule has 0 aromatic heterocycles. The summed E-state index contributed by atoms with van der Waals surface area (Å²) in [7, 11) is 0. The molecule has 0 spiro atoms. The molecule has 0 aromatic rings. The maximum absolute atomic E-state index is 11.7. The molecule has 0 amide bonds. The van der Waals surface area contributed by atoms with E-state index in [1.807, 2.05) is 20.8 Å². The van der Waals surface area contributed by atoms with Crippen LogP contribution in [0, 0.1) is 0 Å². The van der Waals surface area contributed by atoms with Crippen molar-refractivity contribution >= 4 is 5.97 Å². The first kappa shape index (κ1) is 32.4. The lowest BCUT2D eigenvalue weighted by molar-refractivity contribution is -0.154. The van der Waals surface area contributed by atoms with Crippen LogP contribution in [-0.4, -0.2) is 48.7 Å². The molecule has 0 radical (unpaired) electrons. The fourth-order valence-electron chi connectivity index (χ4n) is 5.24. The number of piperazine rings is 1. The van der Waals surface area contributed by atoms with Crippen molar-refractivity contribution in [3.63, 3.8) is 0 Å². The molecule has 4 heteroatoms. The first-order valence-corrected chi connectivity index (χ1v) is 15.5. The fourth-order valence-corrected chi connectivity index (χ4v) is 5.24. The molecule has 35 heavy (non-hydrogen) atoms. The molecule has 1 aliphatic rings. The number of esters is 1. The second kappa shape index (κ2) is 21.5. The minimum Gasteiger partial charge on any atom is -0.460 e. The fraction of sp³-hybridized carbons (Fsp3) is 0.968. The van der Waals surface area contributed by atoms with Gasteiger partial charge in [-0.2, -0.15) is 0 Å². The summed E-state index contributed by atoms with van der Waals surface area (Å²) in [5.74, 6) is -0.0422. The lowest BCUT2D eigenvalue weighted by Crippen LogP contribution is -2.47. The van der Waals surface area contributed by atoms with E-state index in [1.165, 1.54) is 135 Å². The van der Waals surface area contributed by atoms with E-state index in [9.17, 15) is 4.79 Å². The smallest absolute Gasteiger partial charge is 0.306 e. The average Bonchev–Trinajstić information content (AvgIpc) is 2.82. The average molecular weight is 495 g/mol. The van der Waals surface area contributed by atoms with Gasteiger partial charge in [-0.25, -0.2) is 0 Å². The highest BCUT2D eigenvalue weighted by molar-refractivity contribution is 5.69. The first-order chi connectivity index (χ1) is 16.9. The van der Waals surface area contributed by atoms with Gasteiger partial charge in [0.25, 0.3) is 0 Å². The SMILES string of the molecule is CC(CCCCCCCCCCCCCCCCCCCCC(=O)OC(C)(C)C)N1CCNCC1. The quantitative estimate of drug-likeness (QED) is 0.121. The van der Waals surface area contributed by atoms with Crippen LogP contribution in [0.3, 0.4) is 0 Å². The molecular formula is C31H62N2O2. The Hall–Kier alpha value is -0.610. The Morgan fingerprint density at radius 2 is 1.06 bits per heavy atom. The van der Waals surface area contributed by atoms with Crippen molar-refractivity contribution < 1.29 is 9.53 Å². The monoisotopic (exact) mass is 494 g/mol. The number of carbonyl (C=O) groups excluding carboxylic acids is 1. The minimum absolute atomic E-state index is 0.0422. The molecule has 1 N–H and O–H groups in total. The Morgan fingerprint density at radius 3 is 1.46 bits per heavy atom. The summed E-state index contributed by atoms with van der Waals surface area (Å²) < 4.78 is 5.36. The van der Waals surface area contributed by atoms with Crippen LogP contribution in [0.5, 0.6) is 0 Å². The van der Waals surface area contributed by atoms with Crippen molar-refractivity contribution in [1.82, 2.24) is 10.2 Å². The van der Waals surface area contributed by atoms with Crippen molar-refractivity contribution in [1.29, 1.82) is 0 Å². The van der Waals surface area contributed by atoms with Gasteiger partial charge in [0.15, 0.2) is 0 Å². The lowest BCUT2D eigenvalue weighted by Gasteiger charge is -2.32. The third-order valence-corrected chi connectivity index (χ3v) is 7.45. The van der Waals surface area contributed by atoms with Crippen molar-refractivity contribution in [2.45, 2.75) is 168 Å². The molecule has 0 bridgehead atoms. The predicted octanol–water partition coefficient (Wildman–Crippen LogP) is 8.42. The van der Waals surface area contributed by atoms with Gasteiger partial charge in [-0.3, -0.25) is 9.69 Å². The number of ether oxygens (including phenoxy) is 1. The van der Waals surface area contributed by atoms with E-state index >= 15 is 0 Å². The van der Waals surface area contributed by atoms with Gasteiger partial charge < -0.3 is 10.1 Å². The normalized spacial score (nSPS) is 15.9. The van der Waals surface area contributed by atoms with Gasteiger partial charge in [0.1, 0.15) is 5.60 Å². The van der Waals surface area contributed by atoms with Gasteiger partial charge in [0.05, 0.1) is 0 Å². The number of unbranched alkanes of at least 4 members (excludes halogenated alkanes) is 17. The predicted molar refractivity (Wildman–Crippen MR) is 152 cm³/mol. The summed E-state index contributed by atoms with van der Waals surface area (Å²) in [6.07, 6.45) is 26.7. The molecule has 0 aliphatic carbocycles. The second-order valence-electron chi connectivity index (χ2n) is 12.1. The Balaban J connectivity index is 1.71. The minimum atomic E-state index is -0.347. The van der Waals surface area contributed by atoms with Gasteiger partial charge in [0.2, 0.25) is 0 Å². The molecule has 1 heterocycles. The van der Waals surface area contributed by atoms with Crippen LogP contribution in [-0.2, 0) is 9.53 Å². The second-order valence-corrected chi connectivity index (χ2v) is 12.1. The molecule has 1 saturated heterocycles. The standard InChI is InChI=1S/C31H62N2O2/c1-29(33-27-25-32-26-28-33)23-21-19-17-15-13-11-9-7-5-6-8-10-12-14-16-18-20-22-24-30(34)35-31(2,3)4/h29,32H,5-28H2,1-4H3. The molecule has 0 saturated carbocycles. The van der Waals surface area contributed by atoms with Crippen molar-refractivity contribution in [3.05, 3.63) is 0 Å². The van der Waals surface area contributed by atoms with Crippen LogP contribution in [0.25, 0.3) is 0 Å². The van der Waals surface area contributed by atoms with E-state index < -0.39 is 0 Å². The maximum atomic E-state index is 11.7. The Bertz CT molecular complexity index is 483. The molecular weight excluding hydrogens is 432 g/mol. The van der Waals surface area contributed by atoms with Crippen LogP contribution in [0.4, 0.5) is 0 Å². The van der Waals surface area contributed by atoms with Gasteiger partial charge in [-0.1, -0.05) is 109 Å². The summed E-state index contributed by atoms with van der Waals surface area (Å²) in [6, 6.07) is 0.777. The summed E-state index contributed by atoms with van der Waals surface area (Å²) in [5.41, 5.74) is -0.347. The van der Waals surface area contributed by atoms with Crippen LogP contribution in [0.1, 0.15) is 156 Å². The lowest BCUT2D eigenvalue weighted by atomic mass is 10.0. The van der Waals surface area contributed by atoms with E-state index in [1.54, 1.807) is 0 Å². The highest BCUT2D eigenvalue weighted by Crippen LogP contribution is 2.16. The van der Waals surface area contributed by atoms with Crippen LogP contribution >= 0.6 is 0 Å². The number of carbonyl (C=O) groups is 1. The van der Waals surface area contributed by atoms with Crippen molar-refractivity contribution in [2.75, 3.05) is 26.2 Å². The molecule has 0 aromatic carbocycles. The Morgan fingerprint density at radius 1 is 0.686 bits per heavy atom. The van der Waals surface area contributed by atoms with E-state index in [0.717, 1.165) is 18.9 Å². The third kappa shape index (κ3) is 21.2. The molecule has 1 unspecified atom stereocenters. The molecule has 1 rings (SSSR count). The van der Waals surface area contributed by atoms with Gasteiger partial charge in [-0.05, 0) is 40.5 Å². The summed E-state index contributed by atoms with van der Waals surface area (Å²) in [4.78, 5) is 14.3. The molecule has 1 fully saturated rings. The van der Waals surface area contributed by atoms with Crippen molar-refractivity contribution in [2.24, 2.45) is 0 Å². The largest absolute Gasteiger partial charge is 0.460 e. The van der Waals surface area contributed by atoms with E-state index in [2.05, 4.69) is 17.1 Å². The van der Waals surface area contributed by atoms with Crippen LogP contribution in [0.2, 0.25) is 0 Å². The summed E-state index contributed by atoms with van der Waals surface area (Å²) in [6.45, 7) is 13.0. The molecule has 208 valence electrons. The summed E-state index contributed by atoms with van der Waals surface area (Å²) in [5, 5.41) is 3.45. The summed E-state index contributed by atoms with van der Waals surface area (Å²) >= 11 is 0. The zero-order chi connectivity index (χ0) is 25.6. The van der Waals surface area contributed by atoms with Gasteiger partial charge in [-0.15, -0.1) is 0 Å². The third-order valence-electron chi connectivity index (χ3n) is 7.45. The van der Waals surface area contributed by atoms with E-state index in [4.69, 9.17) is 4.74 Å². The molecule has 1 aliphatic heterocycles. The molecule has 1 atom stereocenters. The topological polar surface area (TPSA) is 41.6 Å². The zero-order valence-corrected chi connectivity index (χ0v) is 24.3. The molecule has 4 nitrogen and oxygen atoms in total. The van der Waals surface area contributed by atoms with Crippen LogP contribution < -0.4 is 5.32 Å².